The first-order chi connectivity index (χ1) is 9.96. The molecule has 0 heterocycles. The summed E-state index contributed by atoms with van der Waals surface area (Å²) in [4.78, 5) is 0. The number of rotatable bonds is 6. The molecule has 0 radical (unpaired) electrons. The molecule has 0 aliphatic rings. The Morgan fingerprint density at radius 2 is 1.67 bits per heavy atom. The number of aryl methyl sites for hydroxylation is 3. The van der Waals surface area contributed by atoms with E-state index in [2.05, 4.69) is 81.5 Å². The highest BCUT2D eigenvalue weighted by atomic mass is 14.9. The summed E-state index contributed by atoms with van der Waals surface area (Å²) < 4.78 is 0. The first kappa shape index (κ1) is 15.8. The van der Waals surface area contributed by atoms with Crippen LogP contribution in [0.4, 0.5) is 0 Å². The smallest absolute Gasteiger partial charge is 0.0213 e. The normalized spacial score (nSPS) is 11.6. The van der Waals surface area contributed by atoms with Gasteiger partial charge in [-0.25, -0.2) is 0 Å². The van der Waals surface area contributed by atoms with E-state index in [0.29, 0.717) is 0 Å². The molecule has 0 saturated carbocycles. The quantitative estimate of drug-likeness (QED) is 0.801. The third-order valence-electron chi connectivity index (χ3n) is 4.14. The van der Waals surface area contributed by atoms with E-state index in [1.807, 2.05) is 0 Å². The van der Waals surface area contributed by atoms with Crippen LogP contribution >= 0.6 is 0 Å². The molecule has 2 rings (SSSR count). The minimum Gasteiger partial charge on any atom is -0.308 e. The molecule has 0 saturated heterocycles. The van der Waals surface area contributed by atoms with Crippen LogP contribution in [0.5, 0.6) is 0 Å². The Hall–Kier alpha value is -1.60. The Kier molecular flexibility index (Phi) is 5.19. The molecule has 1 nitrogen and oxygen atoms in total. The molecule has 0 spiro atoms. The molecule has 1 N–H and O–H groups in total. The van der Waals surface area contributed by atoms with Crippen LogP contribution in [-0.2, 0) is 13.0 Å². The maximum Gasteiger partial charge on any atom is 0.0213 e. The van der Waals surface area contributed by atoms with Gasteiger partial charge < -0.3 is 5.32 Å². The van der Waals surface area contributed by atoms with Crippen LogP contribution in [0.3, 0.4) is 0 Å². The van der Waals surface area contributed by atoms with E-state index in [4.69, 9.17) is 0 Å². The number of benzene rings is 2. The van der Waals surface area contributed by atoms with Crippen LogP contribution in [0.25, 0.3) is 0 Å². The molecule has 112 valence electrons. The third-order valence-corrected chi connectivity index (χ3v) is 4.14. The van der Waals surface area contributed by atoms with Crippen LogP contribution in [0.2, 0.25) is 0 Å². The standard InChI is InChI=1S/C20H27N/c1-16-10-11-17(2)19(14-16)15-21-20(3,4)13-12-18-8-6-5-7-9-18/h5-11,14,21H,12-13,15H2,1-4H3. The molecular formula is C20H27N. The lowest BCUT2D eigenvalue weighted by Gasteiger charge is -2.27. The molecule has 0 bridgehead atoms. The van der Waals surface area contributed by atoms with Crippen LogP contribution in [0.1, 0.15) is 42.5 Å². The van der Waals surface area contributed by atoms with Crippen molar-refractivity contribution in [3.05, 3.63) is 70.8 Å². The van der Waals surface area contributed by atoms with Crippen molar-refractivity contribution in [3.63, 3.8) is 0 Å². The first-order valence-electron chi connectivity index (χ1n) is 7.81. The average Bonchev–Trinajstić information content (AvgIpc) is 2.47. The fourth-order valence-electron chi connectivity index (χ4n) is 2.52. The van der Waals surface area contributed by atoms with E-state index in [-0.39, 0.29) is 5.54 Å². The molecular weight excluding hydrogens is 254 g/mol. The zero-order chi connectivity index (χ0) is 15.3. The van der Waals surface area contributed by atoms with E-state index >= 15 is 0 Å². The Balaban J connectivity index is 1.90. The van der Waals surface area contributed by atoms with Gasteiger partial charge in [0.2, 0.25) is 0 Å². The van der Waals surface area contributed by atoms with Gasteiger partial charge in [-0.2, -0.15) is 0 Å². The summed E-state index contributed by atoms with van der Waals surface area (Å²) in [6, 6.07) is 17.4. The molecule has 21 heavy (non-hydrogen) atoms. The van der Waals surface area contributed by atoms with Crippen molar-refractivity contribution in [1.82, 2.24) is 5.32 Å². The number of nitrogens with one attached hydrogen (secondary N) is 1. The molecule has 0 atom stereocenters. The highest BCUT2D eigenvalue weighted by Crippen LogP contribution is 2.16. The Bertz CT molecular complexity index is 570. The lowest BCUT2D eigenvalue weighted by Crippen LogP contribution is -2.39. The van der Waals surface area contributed by atoms with Gasteiger partial charge in [0.25, 0.3) is 0 Å². The second-order valence-corrected chi connectivity index (χ2v) is 6.65. The van der Waals surface area contributed by atoms with Gasteiger partial charge in [-0.05, 0) is 57.2 Å². The van der Waals surface area contributed by atoms with Crippen molar-refractivity contribution in [3.8, 4) is 0 Å². The molecule has 0 aliphatic carbocycles. The zero-order valence-electron chi connectivity index (χ0n) is 13.7. The van der Waals surface area contributed by atoms with Gasteiger partial charge in [0.15, 0.2) is 0 Å². The van der Waals surface area contributed by atoms with Crippen molar-refractivity contribution in [2.45, 2.75) is 52.6 Å². The monoisotopic (exact) mass is 281 g/mol. The van der Waals surface area contributed by atoms with Gasteiger partial charge in [-0.1, -0.05) is 54.1 Å². The van der Waals surface area contributed by atoms with Crippen LogP contribution in [0.15, 0.2) is 48.5 Å². The lowest BCUT2D eigenvalue weighted by atomic mass is 9.94. The summed E-state index contributed by atoms with van der Waals surface area (Å²) >= 11 is 0. The Morgan fingerprint density at radius 3 is 2.38 bits per heavy atom. The topological polar surface area (TPSA) is 12.0 Å². The molecule has 0 amide bonds. The summed E-state index contributed by atoms with van der Waals surface area (Å²) in [5.41, 5.74) is 5.67. The third kappa shape index (κ3) is 5.02. The second-order valence-electron chi connectivity index (χ2n) is 6.65. The average molecular weight is 281 g/mol. The van der Waals surface area contributed by atoms with E-state index < -0.39 is 0 Å². The van der Waals surface area contributed by atoms with Crippen LogP contribution < -0.4 is 5.32 Å². The molecule has 1 heteroatoms. The molecule has 0 aliphatic heterocycles. The summed E-state index contributed by atoms with van der Waals surface area (Å²) in [6.45, 7) is 9.87. The molecule has 2 aromatic carbocycles. The first-order valence-corrected chi connectivity index (χ1v) is 7.81. The molecule has 0 unspecified atom stereocenters. The highest BCUT2D eigenvalue weighted by Gasteiger charge is 2.17. The molecule has 0 fully saturated rings. The van der Waals surface area contributed by atoms with Gasteiger partial charge in [0, 0.05) is 12.1 Å². The minimum absolute atomic E-state index is 0.145. The molecule has 0 aromatic heterocycles. The van der Waals surface area contributed by atoms with Crippen molar-refractivity contribution < 1.29 is 0 Å². The lowest BCUT2D eigenvalue weighted by molar-refractivity contribution is 0.360. The summed E-state index contributed by atoms with van der Waals surface area (Å²) in [7, 11) is 0. The van der Waals surface area contributed by atoms with E-state index in [0.717, 1.165) is 19.4 Å². The van der Waals surface area contributed by atoms with Gasteiger partial charge in [-0.15, -0.1) is 0 Å². The van der Waals surface area contributed by atoms with E-state index in [1.165, 1.54) is 22.3 Å². The van der Waals surface area contributed by atoms with Crippen molar-refractivity contribution in [2.75, 3.05) is 0 Å². The van der Waals surface area contributed by atoms with Gasteiger partial charge in [0.1, 0.15) is 0 Å². The second kappa shape index (κ2) is 6.91. The van der Waals surface area contributed by atoms with Crippen molar-refractivity contribution in [1.29, 1.82) is 0 Å². The zero-order valence-corrected chi connectivity index (χ0v) is 13.7. The largest absolute Gasteiger partial charge is 0.308 e. The predicted octanol–water partition coefficient (Wildman–Crippen LogP) is 4.80. The summed E-state index contributed by atoms with van der Waals surface area (Å²) in [6.07, 6.45) is 2.26. The van der Waals surface area contributed by atoms with E-state index in [9.17, 15) is 0 Å². The summed E-state index contributed by atoms with van der Waals surface area (Å²) in [5.74, 6) is 0. The molecule has 2 aromatic rings. The maximum atomic E-state index is 3.71. The van der Waals surface area contributed by atoms with Gasteiger partial charge in [-0.3, -0.25) is 0 Å². The Labute approximate surface area is 129 Å². The van der Waals surface area contributed by atoms with Crippen LogP contribution in [-0.4, -0.2) is 5.54 Å². The predicted molar refractivity (Wildman–Crippen MR) is 91.6 cm³/mol. The maximum absolute atomic E-state index is 3.71. The fraction of sp³-hybridized carbons (Fsp3) is 0.400. The Morgan fingerprint density at radius 1 is 0.952 bits per heavy atom. The number of hydrogen-bond acceptors (Lipinski definition) is 1. The van der Waals surface area contributed by atoms with E-state index in [1.54, 1.807) is 0 Å². The number of hydrogen-bond donors (Lipinski definition) is 1. The SMILES string of the molecule is Cc1ccc(C)c(CNC(C)(C)CCc2ccccc2)c1. The van der Waals surface area contributed by atoms with Gasteiger partial charge in [0.05, 0.1) is 0 Å². The van der Waals surface area contributed by atoms with Crippen molar-refractivity contribution in [2.24, 2.45) is 0 Å². The summed E-state index contributed by atoms with van der Waals surface area (Å²) in [5, 5.41) is 3.71. The fourth-order valence-corrected chi connectivity index (χ4v) is 2.52. The van der Waals surface area contributed by atoms with Crippen LogP contribution in [0, 0.1) is 13.8 Å². The highest BCUT2D eigenvalue weighted by molar-refractivity contribution is 5.30. The van der Waals surface area contributed by atoms with Crippen molar-refractivity contribution >= 4 is 0 Å². The van der Waals surface area contributed by atoms with Gasteiger partial charge >= 0.3 is 0 Å². The minimum atomic E-state index is 0.145.